The zero-order valence-electron chi connectivity index (χ0n) is 13.4. The van der Waals surface area contributed by atoms with Gasteiger partial charge in [0.15, 0.2) is 0 Å². The molecule has 118 valence electrons. The van der Waals surface area contributed by atoms with E-state index >= 15 is 0 Å². The van der Waals surface area contributed by atoms with Gasteiger partial charge in [0.05, 0.1) is 5.41 Å². The lowest BCUT2D eigenvalue weighted by Gasteiger charge is -2.60. The van der Waals surface area contributed by atoms with E-state index in [4.69, 9.17) is 5.73 Å². The molecule has 0 saturated heterocycles. The Morgan fingerprint density at radius 3 is 2.52 bits per heavy atom. The minimum Gasteiger partial charge on any atom is -0.353 e. The van der Waals surface area contributed by atoms with E-state index in [1.807, 2.05) is 0 Å². The molecule has 3 N–H and O–H groups in total. The maximum absolute atomic E-state index is 13.1. The van der Waals surface area contributed by atoms with Crippen molar-refractivity contribution in [3.05, 3.63) is 0 Å². The highest BCUT2D eigenvalue weighted by Crippen LogP contribution is 2.65. The molecular weight excluding hydrogens is 260 g/mol. The molecule has 0 heterocycles. The second-order valence-electron chi connectivity index (χ2n) is 9.06. The van der Waals surface area contributed by atoms with E-state index < -0.39 is 0 Å². The van der Waals surface area contributed by atoms with Crippen LogP contribution >= 0.6 is 0 Å². The van der Waals surface area contributed by atoms with Crippen molar-refractivity contribution in [1.29, 1.82) is 0 Å². The highest BCUT2D eigenvalue weighted by molar-refractivity contribution is 5.83. The predicted octanol–water partition coefficient (Wildman–Crippen LogP) is 2.84. The van der Waals surface area contributed by atoms with Gasteiger partial charge in [-0.25, -0.2) is 0 Å². The van der Waals surface area contributed by atoms with Crippen LogP contribution in [0, 0.1) is 28.6 Å². The van der Waals surface area contributed by atoms with Crippen LogP contribution in [0.4, 0.5) is 0 Å². The molecule has 5 fully saturated rings. The molecule has 0 aromatic heterocycles. The highest BCUT2D eigenvalue weighted by atomic mass is 16.2. The molecule has 5 aliphatic carbocycles. The first-order valence-corrected chi connectivity index (χ1v) is 9.03. The number of nitrogens with two attached hydrogens (primary N) is 1. The first-order valence-electron chi connectivity index (χ1n) is 9.03. The van der Waals surface area contributed by atoms with Gasteiger partial charge in [-0.3, -0.25) is 4.79 Å². The molecule has 0 aromatic rings. The normalized spacial score (nSPS) is 51.3. The molecule has 4 bridgehead atoms. The predicted molar refractivity (Wildman–Crippen MR) is 83.5 cm³/mol. The van der Waals surface area contributed by atoms with Crippen molar-refractivity contribution < 1.29 is 4.79 Å². The summed E-state index contributed by atoms with van der Waals surface area (Å²) in [6, 6.07) is 0.350. The Bertz CT molecular complexity index is 432. The molecule has 0 aliphatic heterocycles. The van der Waals surface area contributed by atoms with Gasteiger partial charge in [-0.15, -0.1) is 0 Å². The summed E-state index contributed by atoms with van der Waals surface area (Å²) in [4.78, 5) is 13.1. The molecule has 3 heteroatoms. The van der Waals surface area contributed by atoms with Gasteiger partial charge in [0.1, 0.15) is 0 Å². The summed E-state index contributed by atoms with van der Waals surface area (Å²) in [7, 11) is 0. The van der Waals surface area contributed by atoms with Crippen LogP contribution in [0.5, 0.6) is 0 Å². The average Bonchev–Trinajstić information content (AvgIpc) is 2.83. The Labute approximate surface area is 128 Å². The summed E-state index contributed by atoms with van der Waals surface area (Å²) in [5.41, 5.74) is 6.30. The quantitative estimate of drug-likeness (QED) is 0.840. The lowest BCUT2D eigenvalue weighted by Crippen LogP contribution is -2.58. The third-order valence-electron chi connectivity index (χ3n) is 7.11. The van der Waals surface area contributed by atoms with Gasteiger partial charge in [0, 0.05) is 6.04 Å². The van der Waals surface area contributed by atoms with Crippen LogP contribution < -0.4 is 11.1 Å². The number of carbonyl (C=O) groups is 1. The van der Waals surface area contributed by atoms with Gasteiger partial charge in [0.25, 0.3) is 0 Å². The molecule has 1 amide bonds. The molecule has 21 heavy (non-hydrogen) atoms. The molecule has 0 spiro atoms. The fraction of sp³-hybridized carbons (Fsp3) is 0.944. The van der Waals surface area contributed by atoms with E-state index in [0.717, 1.165) is 44.1 Å². The van der Waals surface area contributed by atoms with Crippen molar-refractivity contribution in [3.63, 3.8) is 0 Å². The molecule has 5 aliphatic rings. The highest BCUT2D eigenvalue weighted by Gasteiger charge is 2.59. The van der Waals surface area contributed by atoms with E-state index in [2.05, 4.69) is 12.2 Å². The summed E-state index contributed by atoms with van der Waals surface area (Å²) < 4.78 is 0. The summed E-state index contributed by atoms with van der Waals surface area (Å²) in [5.74, 6) is 2.53. The Morgan fingerprint density at radius 2 is 1.90 bits per heavy atom. The Kier molecular flexibility index (Phi) is 3.15. The van der Waals surface area contributed by atoms with Crippen molar-refractivity contribution >= 4 is 5.91 Å². The second kappa shape index (κ2) is 4.71. The first-order chi connectivity index (χ1) is 10.0. The maximum Gasteiger partial charge on any atom is 0.226 e. The van der Waals surface area contributed by atoms with Gasteiger partial charge < -0.3 is 11.1 Å². The van der Waals surface area contributed by atoms with E-state index in [0.29, 0.717) is 23.3 Å². The zero-order chi connectivity index (χ0) is 14.7. The Hall–Kier alpha value is -0.570. The monoisotopic (exact) mass is 290 g/mol. The van der Waals surface area contributed by atoms with Crippen LogP contribution in [0.1, 0.15) is 64.7 Å². The number of rotatable bonds is 3. The van der Waals surface area contributed by atoms with Crippen molar-refractivity contribution in [1.82, 2.24) is 5.32 Å². The second-order valence-corrected chi connectivity index (χ2v) is 9.06. The standard InChI is InChI=1S/C18H30N2O/c1-17-6-12-5-13(7-17)9-18(8-12,11-17)16(21)20-15-4-2-3-14(15)10-19/h12-15H,2-11,19H2,1H3,(H,20,21). The van der Waals surface area contributed by atoms with Gasteiger partial charge in [0.2, 0.25) is 5.91 Å². The molecule has 0 radical (unpaired) electrons. The van der Waals surface area contributed by atoms with Gasteiger partial charge in [-0.2, -0.15) is 0 Å². The molecular formula is C18H30N2O. The van der Waals surface area contributed by atoms with E-state index in [1.54, 1.807) is 0 Å². The van der Waals surface area contributed by atoms with Gasteiger partial charge in [-0.1, -0.05) is 13.3 Å². The summed E-state index contributed by atoms with van der Waals surface area (Å²) >= 11 is 0. The largest absolute Gasteiger partial charge is 0.353 e. The summed E-state index contributed by atoms with van der Waals surface area (Å²) in [5, 5.41) is 3.44. The van der Waals surface area contributed by atoms with Crippen molar-refractivity contribution in [2.75, 3.05) is 6.54 Å². The third kappa shape index (κ3) is 2.23. The van der Waals surface area contributed by atoms with Crippen molar-refractivity contribution in [3.8, 4) is 0 Å². The number of hydrogen-bond donors (Lipinski definition) is 2. The molecule has 4 atom stereocenters. The fourth-order valence-electron chi connectivity index (χ4n) is 6.82. The van der Waals surface area contributed by atoms with E-state index in [9.17, 15) is 4.79 Å². The van der Waals surface area contributed by atoms with Crippen LogP contribution in [0.3, 0.4) is 0 Å². The van der Waals surface area contributed by atoms with Crippen LogP contribution in [0.15, 0.2) is 0 Å². The zero-order valence-corrected chi connectivity index (χ0v) is 13.4. The fourth-order valence-corrected chi connectivity index (χ4v) is 6.82. The SMILES string of the molecule is CC12CC3CC(C1)CC(C(=O)NC1CCCC1CN)(C3)C2. The summed E-state index contributed by atoms with van der Waals surface area (Å²) in [6.45, 7) is 3.16. The van der Waals surface area contributed by atoms with E-state index in [-0.39, 0.29) is 5.41 Å². The van der Waals surface area contributed by atoms with Gasteiger partial charge >= 0.3 is 0 Å². The molecule has 5 saturated carbocycles. The lowest BCUT2D eigenvalue weighted by atomic mass is 9.44. The smallest absolute Gasteiger partial charge is 0.226 e. The molecule has 0 aromatic carbocycles. The third-order valence-corrected chi connectivity index (χ3v) is 7.11. The number of hydrogen-bond acceptors (Lipinski definition) is 2. The Balaban J connectivity index is 1.51. The van der Waals surface area contributed by atoms with Crippen molar-refractivity contribution in [2.45, 2.75) is 70.8 Å². The maximum atomic E-state index is 13.1. The topological polar surface area (TPSA) is 55.1 Å². The van der Waals surface area contributed by atoms with E-state index in [1.165, 1.54) is 32.1 Å². The summed E-state index contributed by atoms with van der Waals surface area (Å²) in [6.07, 6.45) is 11.1. The Morgan fingerprint density at radius 1 is 1.19 bits per heavy atom. The van der Waals surface area contributed by atoms with Crippen LogP contribution in [0.25, 0.3) is 0 Å². The van der Waals surface area contributed by atoms with Crippen LogP contribution in [-0.4, -0.2) is 18.5 Å². The first kappa shape index (κ1) is 14.0. The average molecular weight is 290 g/mol. The molecule has 5 rings (SSSR count). The number of carbonyl (C=O) groups excluding carboxylic acids is 1. The molecule has 3 nitrogen and oxygen atoms in total. The van der Waals surface area contributed by atoms with Crippen LogP contribution in [0.2, 0.25) is 0 Å². The minimum atomic E-state index is -0.0272. The minimum absolute atomic E-state index is 0.0272. The molecule has 4 unspecified atom stereocenters. The van der Waals surface area contributed by atoms with Crippen LogP contribution in [-0.2, 0) is 4.79 Å². The number of amides is 1. The number of nitrogens with one attached hydrogen (secondary N) is 1. The van der Waals surface area contributed by atoms with Gasteiger partial charge in [-0.05, 0) is 81.1 Å². The lowest BCUT2D eigenvalue weighted by molar-refractivity contribution is -0.156. The van der Waals surface area contributed by atoms with Crippen molar-refractivity contribution in [2.24, 2.45) is 34.3 Å².